The lowest BCUT2D eigenvalue weighted by molar-refractivity contribution is -0.140. The lowest BCUT2D eigenvalue weighted by Crippen LogP contribution is -2.52. The fourth-order valence-electron chi connectivity index (χ4n) is 4.92. The van der Waals surface area contributed by atoms with Gasteiger partial charge in [-0.2, -0.15) is 5.26 Å². The number of fused-ring (bicyclic) bond motifs is 2. The Hall–Kier alpha value is -2.53. The average Bonchev–Trinajstić information content (AvgIpc) is 3.36. The number of amides is 2. The average molecular weight is 402 g/mol. The molecule has 0 N–H and O–H groups in total. The minimum Gasteiger partial charge on any atom is -0.333 e. The highest BCUT2D eigenvalue weighted by atomic mass is 19.1. The summed E-state index contributed by atoms with van der Waals surface area (Å²) in [4.78, 5) is 30.9. The maximum absolute atomic E-state index is 13.4. The summed E-state index contributed by atoms with van der Waals surface area (Å²) in [6, 6.07) is 4.86. The van der Waals surface area contributed by atoms with Gasteiger partial charge in [0.2, 0.25) is 11.8 Å². The molecule has 3 heterocycles. The van der Waals surface area contributed by atoms with Crippen molar-refractivity contribution in [3.05, 3.63) is 35.4 Å². The number of piperazine rings is 1. The second-order valence-corrected chi connectivity index (χ2v) is 8.32. The third kappa shape index (κ3) is 3.71. The lowest BCUT2D eigenvalue weighted by Gasteiger charge is -2.35. The van der Waals surface area contributed by atoms with Gasteiger partial charge in [-0.25, -0.2) is 8.78 Å². The summed E-state index contributed by atoms with van der Waals surface area (Å²) in [6.07, 6.45) is 2.23. The van der Waals surface area contributed by atoms with Crippen LogP contribution in [0, 0.1) is 28.9 Å². The first-order chi connectivity index (χ1) is 13.9. The zero-order valence-corrected chi connectivity index (χ0v) is 16.4. The number of carbonyl (C=O) groups is 2. The highest BCUT2D eigenvalue weighted by Crippen LogP contribution is 2.34. The van der Waals surface area contributed by atoms with E-state index in [0.717, 1.165) is 18.9 Å². The summed E-state index contributed by atoms with van der Waals surface area (Å²) in [7, 11) is 0. The van der Waals surface area contributed by atoms with Crippen molar-refractivity contribution in [1.82, 2.24) is 14.7 Å². The van der Waals surface area contributed by atoms with Gasteiger partial charge in [0.05, 0.1) is 12.1 Å². The van der Waals surface area contributed by atoms with E-state index in [-0.39, 0.29) is 42.4 Å². The number of benzene rings is 1. The Balaban J connectivity index is 1.37. The summed E-state index contributed by atoms with van der Waals surface area (Å²) in [5, 5.41) is 9.21. The predicted octanol–water partition coefficient (Wildman–Crippen LogP) is 1.90. The molecule has 0 aromatic heterocycles. The van der Waals surface area contributed by atoms with E-state index in [2.05, 4.69) is 6.07 Å². The number of likely N-dealkylation sites (tertiary alicyclic amines) is 3. The van der Waals surface area contributed by atoms with Crippen LogP contribution in [0.4, 0.5) is 8.78 Å². The maximum atomic E-state index is 13.4. The standard InChI is InChI=1S/C21H24F2N4O2/c1-13(20(28)26-4-2-3-17(26)9-24)10-25-12-18-8-19(25)21(29)27(18)11-14-5-15(22)7-16(23)6-14/h5-7,13,17-19H,2-4,8,10-12H2,1H3/t13-,17-,18+,19+/m0/s1. The van der Waals surface area contributed by atoms with E-state index < -0.39 is 11.6 Å². The Morgan fingerprint density at radius 2 is 2.03 bits per heavy atom. The third-order valence-electron chi connectivity index (χ3n) is 6.28. The molecule has 3 aliphatic rings. The second kappa shape index (κ2) is 7.71. The molecule has 154 valence electrons. The molecule has 0 aliphatic carbocycles. The minimum atomic E-state index is -0.650. The monoisotopic (exact) mass is 402 g/mol. The van der Waals surface area contributed by atoms with Crippen LogP contribution in [0.3, 0.4) is 0 Å². The van der Waals surface area contributed by atoms with E-state index in [4.69, 9.17) is 0 Å². The fraction of sp³-hybridized carbons (Fsp3) is 0.571. The number of hydrogen-bond donors (Lipinski definition) is 0. The molecule has 0 saturated carbocycles. The molecule has 6 nitrogen and oxygen atoms in total. The van der Waals surface area contributed by atoms with Crippen LogP contribution in [0.25, 0.3) is 0 Å². The van der Waals surface area contributed by atoms with Gasteiger partial charge in [-0.3, -0.25) is 14.5 Å². The summed E-state index contributed by atoms with van der Waals surface area (Å²) in [5.74, 6) is -1.67. The first-order valence-corrected chi connectivity index (χ1v) is 10.1. The molecule has 3 fully saturated rings. The van der Waals surface area contributed by atoms with E-state index in [9.17, 15) is 23.6 Å². The molecule has 1 aromatic carbocycles. The summed E-state index contributed by atoms with van der Waals surface area (Å²) < 4.78 is 26.9. The highest BCUT2D eigenvalue weighted by Gasteiger charge is 2.50. The van der Waals surface area contributed by atoms with Crippen LogP contribution in [0.1, 0.15) is 31.7 Å². The van der Waals surface area contributed by atoms with Gasteiger partial charge in [-0.15, -0.1) is 0 Å². The molecule has 3 saturated heterocycles. The van der Waals surface area contributed by atoms with Gasteiger partial charge in [0.15, 0.2) is 0 Å². The topological polar surface area (TPSA) is 67.7 Å². The number of nitriles is 1. The zero-order chi connectivity index (χ0) is 20.7. The van der Waals surface area contributed by atoms with Crippen LogP contribution in [0.5, 0.6) is 0 Å². The first-order valence-electron chi connectivity index (χ1n) is 10.1. The smallest absolute Gasteiger partial charge is 0.240 e. The molecule has 1 aromatic rings. The van der Waals surface area contributed by atoms with Crippen LogP contribution in [-0.4, -0.2) is 64.3 Å². The molecule has 4 rings (SSSR count). The number of nitrogens with zero attached hydrogens (tertiary/aromatic N) is 4. The van der Waals surface area contributed by atoms with E-state index in [1.54, 1.807) is 9.80 Å². The van der Waals surface area contributed by atoms with Crippen LogP contribution < -0.4 is 0 Å². The molecule has 4 atom stereocenters. The minimum absolute atomic E-state index is 0.0141. The number of hydrogen-bond acceptors (Lipinski definition) is 4. The van der Waals surface area contributed by atoms with E-state index in [0.29, 0.717) is 31.6 Å². The van der Waals surface area contributed by atoms with Gasteiger partial charge in [0, 0.05) is 44.2 Å². The number of carbonyl (C=O) groups excluding carboxylic acids is 2. The fourth-order valence-corrected chi connectivity index (χ4v) is 4.92. The largest absolute Gasteiger partial charge is 0.333 e. The van der Waals surface area contributed by atoms with Crippen molar-refractivity contribution in [2.75, 3.05) is 19.6 Å². The second-order valence-electron chi connectivity index (χ2n) is 8.32. The number of halogens is 2. The molecule has 8 heteroatoms. The van der Waals surface area contributed by atoms with Crippen molar-refractivity contribution in [2.24, 2.45) is 5.92 Å². The molecule has 0 radical (unpaired) electrons. The van der Waals surface area contributed by atoms with Gasteiger partial charge in [0.1, 0.15) is 17.7 Å². The van der Waals surface area contributed by atoms with E-state index >= 15 is 0 Å². The van der Waals surface area contributed by atoms with Gasteiger partial charge in [0.25, 0.3) is 0 Å². The van der Waals surface area contributed by atoms with Crippen LogP contribution in [0.15, 0.2) is 18.2 Å². The van der Waals surface area contributed by atoms with E-state index in [1.807, 2.05) is 11.8 Å². The zero-order valence-electron chi connectivity index (χ0n) is 16.4. The molecule has 0 unspecified atom stereocenters. The first kappa shape index (κ1) is 19.8. The molecular formula is C21H24F2N4O2. The van der Waals surface area contributed by atoms with Crippen molar-refractivity contribution in [3.8, 4) is 6.07 Å². The normalized spacial score (nSPS) is 27.5. The number of rotatable bonds is 5. The quantitative estimate of drug-likeness (QED) is 0.755. The molecular weight excluding hydrogens is 378 g/mol. The molecule has 0 spiro atoms. The Labute approximate surface area is 168 Å². The molecule has 3 aliphatic heterocycles. The lowest BCUT2D eigenvalue weighted by atomic mass is 10.1. The Morgan fingerprint density at radius 3 is 2.69 bits per heavy atom. The van der Waals surface area contributed by atoms with Crippen molar-refractivity contribution in [1.29, 1.82) is 5.26 Å². The summed E-state index contributed by atoms with van der Waals surface area (Å²) in [5.41, 5.74) is 0.440. The van der Waals surface area contributed by atoms with Crippen molar-refractivity contribution < 1.29 is 18.4 Å². The van der Waals surface area contributed by atoms with E-state index in [1.165, 1.54) is 12.1 Å². The van der Waals surface area contributed by atoms with Gasteiger partial charge >= 0.3 is 0 Å². The van der Waals surface area contributed by atoms with Crippen molar-refractivity contribution in [3.63, 3.8) is 0 Å². The SMILES string of the molecule is C[C@@H](CN1C[C@H]2C[C@@H]1C(=O)N2Cc1cc(F)cc(F)c1)C(=O)N1CCC[C@H]1C#N. The molecule has 29 heavy (non-hydrogen) atoms. The van der Waals surface area contributed by atoms with Crippen LogP contribution in [0.2, 0.25) is 0 Å². The van der Waals surface area contributed by atoms with Crippen LogP contribution >= 0.6 is 0 Å². The predicted molar refractivity (Wildman–Crippen MR) is 100 cm³/mol. The Kier molecular flexibility index (Phi) is 5.26. The third-order valence-corrected chi connectivity index (χ3v) is 6.28. The van der Waals surface area contributed by atoms with Crippen LogP contribution in [-0.2, 0) is 16.1 Å². The molecule has 2 bridgehead atoms. The Bertz CT molecular complexity index is 850. The van der Waals surface area contributed by atoms with Crippen molar-refractivity contribution in [2.45, 2.75) is 50.9 Å². The van der Waals surface area contributed by atoms with Gasteiger partial charge in [-0.1, -0.05) is 6.92 Å². The Morgan fingerprint density at radius 1 is 1.31 bits per heavy atom. The molecule has 2 amide bonds. The summed E-state index contributed by atoms with van der Waals surface area (Å²) >= 11 is 0. The van der Waals surface area contributed by atoms with Gasteiger partial charge < -0.3 is 9.80 Å². The maximum Gasteiger partial charge on any atom is 0.240 e. The van der Waals surface area contributed by atoms with Gasteiger partial charge in [-0.05, 0) is 37.0 Å². The highest BCUT2D eigenvalue weighted by molar-refractivity contribution is 5.86. The summed E-state index contributed by atoms with van der Waals surface area (Å²) in [6.45, 7) is 3.77. The van der Waals surface area contributed by atoms with Crippen molar-refractivity contribution >= 4 is 11.8 Å².